The van der Waals surface area contributed by atoms with Gasteiger partial charge in [0.05, 0.1) is 29.5 Å². The van der Waals surface area contributed by atoms with Crippen LogP contribution in [-0.4, -0.2) is 58.5 Å². The van der Waals surface area contributed by atoms with E-state index in [1.165, 1.54) is 0 Å². The number of benzene rings is 1. The fraction of sp³-hybridized carbons (Fsp3) is 0.400. The first kappa shape index (κ1) is 13.3. The van der Waals surface area contributed by atoms with Crippen LogP contribution in [0.2, 0.25) is 0 Å². The van der Waals surface area contributed by atoms with Gasteiger partial charge in [-0.2, -0.15) is 0 Å². The Morgan fingerprint density at radius 2 is 2.32 bits per heavy atom. The zero-order valence-corrected chi connectivity index (χ0v) is 11.9. The molecule has 3 heterocycles. The zero-order valence-electron chi connectivity index (χ0n) is 11.9. The number of nitrogens with one attached hydrogen (secondary N) is 2. The Hall–Kier alpha value is -2.41. The number of morpholine rings is 1. The van der Waals surface area contributed by atoms with Crippen LogP contribution >= 0.6 is 0 Å². The Balaban J connectivity index is 1.53. The normalized spacial score (nSPS) is 24.9. The Bertz CT molecular complexity index is 741. The van der Waals surface area contributed by atoms with Crippen molar-refractivity contribution in [2.24, 2.45) is 0 Å². The van der Waals surface area contributed by atoms with Gasteiger partial charge in [-0.1, -0.05) is 0 Å². The van der Waals surface area contributed by atoms with E-state index in [0.29, 0.717) is 18.7 Å². The first-order valence-corrected chi connectivity index (χ1v) is 7.34. The molecule has 114 valence electrons. The summed E-state index contributed by atoms with van der Waals surface area (Å²) in [5.41, 5.74) is 2.30. The van der Waals surface area contributed by atoms with Crippen LogP contribution in [0.5, 0.6) is 0 Å². The molecule has 2 aliphatic rings. The molecule has 0 bridgehead atoms. The third-order valence-corrected chi connectivity index (χ3v) is 4.28. The number of hydrogen-bond donors (Lipinski definition) is 2. The van der Waals surface area contributed by atoms with Gasteiger partial charge in [-0.25, -0.2) is 4.98 Å². The van der Waals surface area contributed by atoms with Crippen molar-refractivity contribution in [1.82, 2.24) is 20.2 Å². The second kappa shape index (κ2) is 5.10. The zero-order chi connectivity index (χ0) is 15.1. The lowest BCUT2D eigenvalue weighted by Gasteiger charge is -2.41. The van der Waals surface area contributed by atoms with E-state index in [1.54, 1.807) is 17.3 Å². The second-order valence-corrected chi connectivity index (χ2v) is 5.70. The van der Waals surface area contributed by atoms with Gasteiger partial charge in [-0.3, -0.25) is 9.59 Å². The molecule has 2 aromatic rings. The summed E-state index contributed by atoms with van der Waals surface area (Å²) in [5.74, 6) is -0.149. The van der Waals surface area contributed by atoms with Crippen molar-refractivity contribution in [1.29, 1.82) is 0 Å². The van der Waals surface area contributed by atoms with Crippen molar-refractivity contribution in [3.63, 3.8) is 0 Å². The molecule has 1 aromatic heterocycles. The number of nitrogens with zero attached hydrogens (tertiary/aromatic N) is 2. The summed E-state index contributed by atoms with van der Waals surface area (Å²) in [4.78, 5) is 33.0. The van der Waals surface area contributed by atoms with Crippen molar-refractivity contribution in [2.75, 3.05) is 19.7 Å². The molecule has 0 saturated carbocycles. The van der Waals surface area contributed by atoms with Crippen LogP contribution in [0.15, 0.2) is 24.5 Å². The van der Waals surface area contributed by atoms with Crippen molar-refractivity contribution in [3.8, 4) is 0 Å². The van der Waals surface area contributed by atoms with Crippen LogP contribution in [-0.2, 0) is 9.53 Å². The largest absolute Gasteiger partial charge is 0.366 e. The van der Waals surface area contributed by atoms with Gasteiger partial charge >= 0.3 is 0 Å². The molecular weight excluding hydrogens is 284 g/mol. The summed E-state index contributed by atoms with van der Waals surface area (Å²) >= 11 is 0. The third-order valence-electron chi connectivity index (χ3n) is 4.28. The topological polar surface area (TPSA) is 87.3 Å². The van der Waals surface area contributed by atoms with Gasteiger partial charge in [0.25, 0.3) is 5.91 Å². The number of rotatable bonds is 1. The summed E-state index contributed by atoms with van der Waals surface area (Å²) in [5, 5.41) is 2.91. The predicted octanol–water partition coefficient (Wildman–Crippen LogP) is 0.292. The summed E-state index contributed by atoms with van der Waals surface area (Å²) < 4.78 is 5.51. The van der Waals surface area contributed by atoms with Gasteiger partial charge in [-0.05, 0) is 24.6 Å². The van der Waals surface area contributed by atoms with Gasteiger partial charge in [0, 0.05) is 18.7 Å². The smallest absolute Gasteiger partial charge is 0.254 e. The first-order valence-electron chi connectivity index (χ1n) is 7.34. The molecule has 4 rings (SSSR count). The molecule has 0 spiro atoms. The molecule has 2 aliphatic heterocycles. The van der Waals surface area contributed by atoms with Gasteiger partial charge < -0.3 is 19.9 Å². The minimum Gasteiger partial charge on any atom is -0.366 e. The van der Waals surface area contributed by atoms with Gasteiger partial charge in [0.1, 0.15) is 6.61 Å². The Morgan fingerprint density at radius 3 is 3.23 bits per heavy atom. The van der Waals surface area contributed by atoms with Crippen LogP contribution < -0.4 is 5.32 Å². The maximum atomic E-state index is 12.7. The number of carbonyl (C=O) groups excluding carboxylic acids is 2. The summed E-state index contributed by atoms with van der Waals surface area (Å²) in [6, 6.07) is 5.31. The van der Waals surface area contributed by atoms with E-state index >= 15 is 0 Å². The molecule has 2 N–H and O–H groups in total. The van der Waals surface area contributed by atoms with Crippen LogP contribution in [0, 0.1) is 0 Å². The van der Waals surface area contributed by atoms with Crippen LogP contribution in [0.25, 0.3) is 11.0 Å². The molecule has 22 heavy (non-hydrogen) atoms. The maximum Gasteiger partial charge on any atom is 0.254 e. The van der Waals surface area contributed by atoms with Gasteiger partial charge in [0.15, 0.2) is 0 Å². The van der Waals surface area contributed by atoms with E-state index in [-0.39, 0.29) is 30.6 Å². The van der Waals surface area contributed by atoms with Crippen molar-refractivity contribution < 1.29 is 14.3 Å². The number of H-pyrrole nitrogens is 1. The Labute approximate surface area is 126 Å². The highest BCUT2D eigenvalue weighted by atomic mass is 16.5. The highest BCUT2D eigenvalue weighted by Gasteiger charge is 2.36. The summed E-state index contributed by atoms with van der Waals surface area (Å²) in [6.45, 7) is 1.23. The summed E-state index contributed by atoms with van der Waals surface area (Å²) in [7, 11) is 0. The predicted molar refractivity (Wildman–Crippen MR) is 78.3 cm³/mol. The molecule has 0 radical (unpaired) electrons. The molecule has 0 unspecified atom stereocenters. The number of aromatic nitrogens is 2. The van der Waals surface area contributed by atoms with E-state index in [0.717, 1.165) is 17.5 Å². The SMILES string of the molecule is O=C1CO[C@H]2CCN(C(=O)c3ccc4nc[nH]c4c3)C[C@@H]2N1. The fourth-order valence-corrected chi connectivity index (χ4v) is 3.14. The molecule has 2 fully saturated rings. The number of ether oxygens (including phenoxy) is 1. The number of hydrogen-bond acceptors (Lipinski definition) is 4. The monoisotopic (exact) mass is 300 g/mol. The summed E-state index contributed by atoms with van der Waals surface area (Å²) in [6.07, 6.45) is 2.36. The number of likely N-dealkylation sites (tertiary alicyclic amines) is 1. The van der Waals surface area contributed by atoms with E-state index in [4.69, 9.17) is 4.74 Å². The number of piperidine rings is 1. The highest BCUT2D eigenvalue weighted by molar-refractivity contribution is 5.97. The van der Waals surface area contributed by atoms with Gasteiger partial charge in [-0.15, -0.1) is 0 Å². The lowest BCUT2D eigenvalue weighted by molar-refractivity contribution is -0.139. The quantitative estimate of drug-likeness (QED) is 0.792. The van der Waals surface area contributed by atoms with E-state index in [1.807, 2.05) is 12.1 Å². The van der Waals surface area contributed by atoms with Crippen molar-refractivity contribution >= 4 is 22.8 Å². The van der Waals surface area contributed by atoms with E-state index in [9.17, 15) is 9.59 Å². The standard InChI is InChI=1S/C15H16N4O3/c20-14-7-22-13-3-4-19(6-12(13)18-14)15(21)9-1-2-10-11(5-9)17-8-16-10/h1-2,5,8,12-13H,3-4,6-7H2,(H,16,17)(H,18,20)/t12-,13-/m0/s1. The molecular formula is C15H16N4O3. The minimum atomic E-state index is -0.116. The maximum absolute atomic E-state index is 12.7. The van der Waals surface area contributed by atoms with E-state index in [2.05, 4.69) is 15.3 Å². The number of amides is 2. The first-order chi connectivity index (χ1) is 10.7. The molecule has 2 saturated heterocycles. The molecule has 2 atom stereocenters. The number of aromatic amines is 1. The average Bonchev–Trinajstić information content (AvgIpc) is 3.01. The number of imidazole rings is 1. The Morgan fingerprint density at radius 1 is 1.41 bits per heavy atom. The highest BCUT2D eigenvalue weighted by Crippen LogP contribution is 2.20. The Kier molecular flexibility index (Phi) is 3.07. The lowest BCUT2D eigenvalue weighted by atomic mass is 9.99. The average molecular weight is 300 g/mol. The van der Waals surface area contributed by atoms with Crippen LogP contribution in [0.4, 0.5) is 0 Å². The lowest BCUT2D eigenvalue weighted by Crippen LogP contribution is -2.61. The molecule has 7 nitrogen and oxygen atoms in total. The van der Waals surface area contributed by atoms with Crippen molar-refractivity contribution in [3.05, 3.63) is 30.1 Å². The molecule has 2 amide bonds. The van der Waals surface area contributed by atoms with Gasteiger partial charge in [0.2, 0.25) is 5.91 Å². The fourth-order valence-electron chi connectivity index (χ4n) is 3.14. The van der Waals surface area contributed by atoms with Crippen LogP contribution in [0.1, 0.15) is 16.8 Å². The number of carbonyl (C=O) groups is 2. The van der Waals surface area contributed by atoms with Crippen molar-refractivity contribution in [2.45, 2.75) is 18.6 Å². The van der Waals surface area contributed by atoms with E-state index < -0.39 is 0 Å². The number of fused-ring (bicyclic) bond motifs is 2. The second-order valence-electron chi connectivity index (χ2n) is 5.70. The van der Waals surface area contributed by atoms with Crippen LogP contribution in [0.3, 0.4) is 0 Å². The minimum absolute atomic E-state index is 0.0110. The molecule has 7 heteroatoms. The molecule has 0 aliphatic carbocycles. The third kappa shape index (κ3) is 2.23. The molecule has 1 aromatic carbocycles.